The molecule has 0 aliphatic carbocycles. The van der Waals surface area contributed by atoms with Crippen molar-refractivity contribution in [3.05, 3.63) is 29.8 Å². The first kappa shape index (κ1) is 13.6. The summed E-state index contributed by atoms with van der Waals surface area (Å²) in [4.78, 5) is 11.6. The number of ketones is 1. The van der Waals surface area contributed by atoms with E-state index < -0.39 is 0 Å². The molecule has 0 aliphatic heterocycles. The molecular formula is C15H20O2. The van der Waals surface area contributed by atoms with Gasteiger partial charge in [-0.05, 0) is 29.7 Å². The summed E-state index contributed by atoms with van der Waals surface area (Å²) in [6.45, 7) is 8.67. The molecule has 0 fully saturated rings. The molecule has 0 amide bonds. The first-order valence-corrected chi connectivity index (χ1v) is 6.07. The van der Waals surface area contributed by atoms with Crippen molar-refractivity contribution in [2.75, 3.05) is 6.61 Å². The minimum absolute atomic E-state index is 0.0687. The van der Waals surface area contributed by atoms with Gasteiger partial charge in [-0.25, -0.2) is 0 Å². The number of hydrogen-bond acceptors (Lipinski definition) is 2. The second-order valence-electron chi connectivity index (χ2n) is 5.00. The Kier molecular flexibility index (Phi) is 5.03. The van der Waals surface area contributed by atoms with E-state index in [1.54, 1.807) is 6.07 Å². The van der Waals surface area contributed by atoms with Crippen LogP contribution in [0.5, 0.6) is 5.75 Å². The van der Waals surface area contributed by atoms with Gasteiger partial charge >= 0.3 is 0 Å². The zero-order valence-corrected chi connectivity index (χ0v) is 11.0. The summed E-state index contributed by atoms with van der Waals surface area (Å²) in [5, 5.41) is 0. The molecule has 1 aromatic rings. The van der Waals surface area contributed by atoms with Crippen molar-refractivity contribution in [1.82, 2.24) is 0 Å². The van der Waals surface area contributed by atoms with Gasteiger partial charge in [0.05, 0.1) is 6.61 Å². The van der Waals surface area contributed by atoms with Crippen molar-refractivity contribution in [3.8, 4) is 5.75 Å². The van der Waals surface area contributed by atoms with Crippen molar-refractivity contribution < 1.29 is 9.53 Å². The highest BCUT2D eigenvalue weighted by Crippen LogP contribution is 2.12. The van der Waals surface area contributed by atoms with E-state index in [4.69, 9.17) is 4.74 Å². The maximum atomic E-state index is 11.6. The van der Waals surface area contributed by atoms with Crippen molar-refractivity contribution in [3.63, 3.8) is 0 Å². The lowest BCUT2D eigenvalue weighted by Crippen LogP contribution is -2.10. The summed E-state index contributed by atoms with van der Waals surface area (Å²) in [5.41, 5.74) is 0.946. The molecule has 0 saturated carbocycles. The molecular weight excluding hydrogens is 212 g/mol. The van der Waals surface area contributed by atoms with Crippen LogP contribution in [0.25, 0.3) is 0 Å². The Morgan fingerprint density at radius 3 is 2.65 bits per heavy atom. The van der Waals surface area contributed by atoms with E-state index in [9.17, 15) is 4.79 Å². The van der Waals surface area contributed by atoms with Crippen molar-refractivity contribution in [2.24, 2.45) is 11.8 Å². The second-order valence-corrected chi connectivity index (χ2v) is 5.00. The molecule has 0 radical (unpaired) electrons. The predicted octanol–water partition coefficient (Wildman–Crippen LogP) is 3.09. The van der Waals surface area contributed by atoms with Crippen molar-refractivity contribution in [1.29, 1.82) is 0 Å². The van der Waals surface area contributed by atoms with Crippen LogP contribution in [0.2, 0.25) is 0 Å². The summed E-state index contributed by atoms with van der Waals surface area (Å²) >= 11 is 0. The molecule has 2 heteroatoms. The van der Waals surface area contributed by atoms with Crippen LogP contribution in [-0.2, 0) is 11.2 Å². The van der Waals surface area contributed by atoms with Gasteiger partial charge in [0, 0.05) is 12.3 Å². The van der Waals surface area contributed by atoms with Gasteiger partial charge in [0.15, 0.2) is 5.75 Å². The zero-order valence-electron chi connectivity index (χ0n) is 11.0. The van der Waals surface area contributed by atoms with Crippen LogP contribution >= 0.6 is 0 Å². The largest absolute Gasteiger partial charge is 0.485 e. The molecule has 0 N–H and O–H groups in total. The zero-order chi connectivity index (χ0) is 12.8. The lowest BCUT2D eigenvalue weighted by molar-refractivity contribution is -0.121. The highest BCUT2D eigenvalue weighted by Gasteiger charge is 2.08. The Bertz CT molecular complexity index is 367. The number of carbonyl (C=O) groups excluding carboxylic acids is 1. The molecule has 0 aromatic heterocycles. The van der Waals surface area contributed by atoms with Crippen LogP contribution in [0.15, 0.2) is 12.1 Å². The topological polar surface area (TPSA) is 26.3 Å². The third-order valence-electron chi connectivity index (χ3n) is 2.36. The summed E-state index contributed by atoms with van der Waals surface area (Å²) in [5.74, 6) is 1.45. The molecule has 1 rings (SSSR count). The SMILES string of the molecule is CC(C)COc1c#ccc(CC(=O)C(C)C)c1. The van der Waals surface area contributed by atoms with Crippen molar-refractivity contribution in [2.45, 2.75) is 34.1 Å². The van der Waals surface area contributed by atoms with Crippen LogP contribution < -0.4 is 4.74 Å². The summed E-state index contributed by atoms with van der Waals surface area (Å²) < 4.78 is 5.55. The van der Waals surface area contributed by atoms with Crippen LogP contribution in [0.4, 0.5) is 0 Å². The molecule has 17 heavy (non-hydrogen) atoms. The van der Waals surface area contributed by atoms with E-state index >= 15 is 0 Å². The van der Waals surface area contributed by atoms with Gasteiger partial charge in [0.2, 0.25) is 0 Å². The van der Waals surface area contributed by atoms with E-state index in [0.717, 1.165) is 5.56 Å². The van der Waals surface area contributed by atoms with Gasteiger partial charge in [-0.3, -0.25) is 4.79 Å². The summed E-state index contributed by atoms with van der Waals surface area (Å²) in [6.07, 6.45) is 0.445. The van der Waals surface area contributed by atoms with Crippen LogP contribution in [0.1, 0.15) is 33.3 Å². The van der Waals surface area contributed by atoms with Gasteiger partial charge in [-0.1, -0.05) is 33.8 Å². The molecule has 0 unspecified atom stereocenters. The molecule has 0 atom stereocenters. The van der Waals surface area contributed by atoms with Gasteiger partial charge < -0.3 is 4.74 Å². The van der Waals surface area contributed by atoms with E-state index in [1.165, 1.54) is 0 Å². The van der Waals surface area contributed by atoms with E-state index in [2.05, 4.69) is 26.0 Å². The number of hydrogen-bond donors (Lipinski definition) is 0. The quantitative estimate of drug-likeness (QED) is 0.753. The third kappa shape index (κ3) is 4.91. The molecule has 0 heterocycles. The molecule has 0 saturated heterocycles. The van der Waals surface area contributed by atoms with Gasteiger partial charge in [-0.2, -0.15) is 0 Å². The lowest BCUT2D eigenvalue weighted by Gasteiger charge is -2.08. The molecule has 1 aromatic carbocycles. The van der Waals surface area contributed by atoms with Crippen molar-refractivity contribution >= 4 is 5.78 Å². The standard InChI is InChI=1S/C15H20O2/c1-11(2)10-17-14-7-5-6-13(8-14)9-15(16)12(3)4/h6,8,11-12H,9-10H2,1-4H3. The van der Waals surface area contributed by atoms with Gasteiger partial charge in [0.1, 0.15) is 5.78 Å². The Labute approximate surface area is 104 Å². The van der Waals surface area contributed by atoms with Crippen LogP contribution in [0, 0.1) is 24.0 Å². The predicted molar refractivity (Wildman–Crippen MR) is 68.0 cm³/mol. The number of rotatable bonds is 6. The fourth-order valence-corrected chi connectivity index (χ4v) is 1.29. The van der Waals surface area contributed by atoms with E-state index in [-0.39, 0.29) is 11.7 Å². The van der Waals surface area contributed by atoms with Gasteiger partial charge in [0.25, 0.3) is 0 Å². The maximum absolute atomic E-state index is 11.6. The smallest absolute Gasteiger partial charge is 0.170 e. The Balaban J connectivity index is 2.62. The fraction of sp³-hybridized carbons (Fsp3) is 0.533. The van der Waals surface area contributed by atoms with E-state index in [1.807, 2.05) is 19.9 Å². The molecule has 0 aliphatic rings. The second kappa shape index (κ2) is 6.30. The molecule has 2 nitrogen and oxygen atoms in total. The Morgan fingerprint density at radius 1 is 1.35 bits per heavy atom. The highest BCUT2D eigenvalue weighted by molar-refractivity contribution is 5.82. The summed E-state index contributed by atoms with van der Waals surface area (Å²) in [6, 6.07) is 9.47. The fourth-order valence-electron chi connectivity index (χ4n) is 1.29. The molecule has 0 spiro atoms. The van der Waals surface area contributed by atoms with E-state index in [0.29, 0.717) is 24.7 Å². The molecule has 0 bridgehead atoms. The molecule has 92 valence electrons. The number of Topliss-reactive ketones (excluding diaryl/α,β-unsaturated/α-hetero) is 1. The monoisotopic (exact) mass is 232 g/mol. The minimum atomic E-state index is 0.0687. The Hall–Kier alpha value is -1.49. The van der Waals surface area contributed by atoms with Crippen LogP contribution in [0.3, 0.4) is 0 Å². The highest BCUT2D eigenvalue weighted by atomic mass is 16.5. The lowest BCUT2D eigenvalue weighted by atomic mass is 10.0. The minimum Gasteiger partial charge on any atom is -0.485 e. The van der Waals surface area contributed by atoms with Crippen LogP contribution in [-0.4, -0.2) is 12.4 Å². The normalized spacial score (nSPS) is 10.5. The number of carbonyl (C=O) groups is 1. The first-order chi connectivity index (χ1) is 7.99. The van der Waals surface area contributed by atoms with Gasteiger partial charge in [-0.15, -0.1) is 0 Å². The number of ether oxygens (including phenoxy) is 1. The average molecular weight is 232 g/mol. The maximum Gasteiger partial charge on any atom is 0.170 e. The third-order valence-corrected chi connectivity index (χ3v) is 2.36. The average Bonchev–Trinajstić information content (AvgIpc) is 2.26. The summed E-state index contributed by atoms with van der Waals surface area (Å²) in [7, 11) is 0. The first-order valence-electron chi connectivity index (χ1n) is 6.07. The Morgan fingerprint density at radius 2 is 2.06 bits per heavy atom.